The van der Waals surface area contributed by atoms with Gasteiger partial charge in [-0.3, -0.25) is 24.7 Å². The molecule has 2 atom stereocenters. The van der Waals surface area contributed by atoms with Crippen LogP contribution in [-0.4, -0.2) is 46.3 Å². The highest BCUT2D eigenvalue weighted by Crippen LogP contribution is 2.18. The van der Waals surface area contributed by atoms with Crippen molar-refractivity contribution in [1.29, 1.82) is 0 Å². The van der Waals surface area contributed by atoms with Gasteiger partial charge in [-0.2, -0.15) is 0 Å². The van der Waals surface area contributed by atoms with Gasteiger partial charge in [-0.25, -0.2) is 4.98 Å². The summed E-state index contributed by atoms with van der Waals surface area (Å²) in [5, 5.41) is 8.84. The number of fused-ring (bicyclic) bond motifs is 1. The monoisotopic (exact) mass is 529 g/mol. The van der Waals surface area contributed by atoms with Crippen molar-refractivity contribution in [2.75, 3.05) is 17.2 Å². The molecule has 2 heterocycles. The number of hydrogen-bond donors (Lipinski definition) is 5. The Kier molecular flexibility index (Phi) is 9.33. The first-order chi connectivity index (χ1) is 18.9. The zero-order valence-corrected chi connectivity index (χ0v) is 21.3. The molecule has 0 saturated heterocycles. The molecule has 11 nitrogen and oxygen atoms in total. The summed E-state index contributed by atoms with van der Waals surface area (Å²) >= 11 is 0. The second-order valence-corrected chi connectivity index (χ2v) is 9.01. The van der Waals surface area contributed by atoms with Crippen molar-refractivity contribution >= 4 is 40.3 Å². The van der Waals surface area contributed by atoms with Gasteiger partial charge in [0.2, 0.25) is 11.7 Å². The van der Waals surface area contributed by atoms with E-state index in [0.717, 1.165) is 16.5 Å². The van der Waals surface area contributed by atoms with Gasteiger partial charge in [0.25, 0.3) is 11.8 Å². The summed E-state index contributed by atoms with van der Waals surface area (Å²) in [5.74, 6) is -1.65. The number of nitrogens with zero attached hydrogens (tertiary/aromatic N) is 2. The molecule has 0 bridgehead atoms. The zero-order valence-electron chi connectivity index (χ0n) is 21.3. The molecule has 0 radical (unpaired) electrons. The van der Waals surface area contributed by atoms with Crippen LogP contribution in [0, 0.1) is 0 Å². The van der Waals surface area contributed by atoms with E-state index in [9.17, 15) is 14.4 Å². The fourth-order valence-corrected chi connectivity index (χ4v) is 3.93. The van der Waals surface area contributed by atoms with Crippen LogP contribution < -0.4 is 27.4 Å². The summed E-state index contributed by atoms with van der Waals surface area (Å²) in [6, 6.07) is 17.0. The second-order valence-electron chi connectivity index (χ2n) is 9.01. The zero-order chi connectivity index (χ0) is 27.6. The first-order valence-electron chi connectivity index (χ1n) is 12.7. The maximum atomic E-state index is 13.1. The normalized spacial score (nSPS) is 12.5. The van der Waals surface area contributed by atoms with Crippen LogP contribution in [0.5, 0.6) is 0 Å². The molecule has 2 aromatic carbocycles. The van der Waals surface area contributed by atoms with Gasteiger partial charge >= 0.3 is 6.01 Å². The van der Waals surface area contributed by atoms with Crippen molar-refractivity contribution in [3.8, 4) is 0 Å². The molecule has 39 heavy (non-hydrogen) atoms. The van der Waals surface area contributed by atoms with Crippen LogP contribution in [0.15, 0.2) is 77.5 Å². The fraction of sp³-hybridized carbons (Fsp3) is 0.250. The van der Waals surface area contributed by atoms with Crippen LogP contribution in [0.3, 0.4) is 0 Å². The number of pyridine rings is 1. The molecule has 7 N–H and O–H groups in total. The summed E-state index contributed by atoms with van der Waals surface area (Å²) < 4.78 is 5.47. The summed E-state index contributed by atoms with van der Waals surface area (Å²) in [4.78, 5) is 46.7. The molecule has 2 aromatic heterocycles. The molecule has 0 aliphatic carbocycles. The average Bonchev–Trinajstić information content (AvgIpc) is 3.42. The number of carbonyl (C=O) groups is 3. The third-order valence-electron chi connectivity index (χ3n) is 6.06. The van der Waals surface area contributed by atoms with E-state index >= 15 is 0 Å². The number of aryl methyl sites for hydroxylation is 1. The number of benzene rings is 2. The van der Waals surface area contributed by atoms with Crippen molar-refractivity contribution in [3.05, 3.63) is 84.4 Å². The Morgan fingerprint density at radius 1 is 0.897 bits per heavy atom. The van der Waals surface area contributed by atoms with Gasteiger partial charge in [-0.15, -0.1) is 0 Å². The molecule has 0 aliphatic rings. The van der Waals surface area contributed by atoms with Crippen molar-refractivity contribution in [2.24, 2.45) is 11.5 Å². The van der Waals surface area contributed by atoms with Crippen LogP contribution in [0.2, 0.25) is 0 Å². The number of anilines is 2. The minimum absolute atomic E-state index is 0.105. The van der Waals surface area contributed by atoms with Crippen LogP contribution in [-0.2, 0) is 16.0 Å². The highest BCUT2D eigenvalue weighted by Gasteiger charge is 2.25. The Hall–Kier alpha value is -4.61. The van der Waals surface area contributed by atoms with Crippen molar-refractivity contribution in [3.63, 3.8) is 0 Å². The Bertz CT molecular complexity index is 1420. The average molecular weight is 530 g/mol. The predicted molar refractivity (Wildman–Crippen MR) is 148 cm³/mol. The first kappa shape index (κ1) is 27.4. The van der Waals surface area contributed by atoms with Crippen LogP contribution in [0.4, 0.5) is 11.7 Å². The van der Waals surface area contributed by atoms with Gasteiger partial charge in [0.15, 0.2) is 0 Å². The maximum absolute atomic E-state index is 13.1. The largest absolute Gasteiger partial charge is 0.418 e. The van der Waals surface area contributed by atoms with Gasteiger partial charge in [0.05, 0.1) is 29.6 Å². The van der Waals surface area contributed by atoms with Gasteiger partial charge in [0, 0.05) is 5.39 Å². The summed E-state index contributed by atoms with van der Waals surface area (Å²) in [6.07, 6.45) is 4.59. The standard InChI is InChI=1S/C28H31N7O4/c29-14-6-10-21(30)25(36)34-23(13-12-18-7-2-1-3-8-18)26(37)35-28-32-17-24(39-28)27(38)33-20-15-19-9-4-5-11-22(19)31-16-20/h1-5,7-9,11,15-17,21,23H,6,10,12-14,29-30H2,(H,33,38)(H,34,36)(H,32,35,37)/t21-,23-/m1/s1. The quantitative estimate of drug-likeness (QED) is 0.186. The van der Waals surface area contributed by atoms with Crippen molar-refractivity contribution in [1.82, 2.24) is 15.3 Å². The van der Waals surface area contributed by atoms with Gasteiger partial charge in [-0.1, -0.05) is 48.5 Å². The van der Waals surface area contributed by atoms with Gasteiger partial charge in [-0.05, 0) is 49.9 Å². The molecule has 0 unspecified atom stereocenters. The predicted octanol–water partition coefficient (Wildman–Crippen LogP) is 2.60. The minimum Gasteiger partial charge on any atom is -0.418 e. The highest BCUT2D eigenvalue weighted by atomic mass is 16.4. The number of nitrogens with one attached hydrogen (secondary N) is 3. The molecular formula is C28H31N7O4. The molecule has 11 heteroatoms. The highest BCUT2D eigenvalue weighted by molar-refractivity contribution is 6.03. The summed E-state index contributed by atoms with van der Waals surface area (Å²) in [6.45, 7) is 0.413. The van der Waals surface area contributed by atoms with E-state index in [1.807, 2.05) is 54.6 Å². The SMILES string of the molecule is NCCC[C@@H](N)C(=O)N[C@H](CCc1ccccc1)C(=O)Nc1ncc(C(=O)Nc2cnc3ccccc3c2)o1. The summed E-state index contributed by atoms with van der Waals surface area (Å²) in [5.41, 5.74) is 13.8. The number of rotatable bonds is 12. The molecule has 0 saturated carbocycles. The number of nitrogens with two attached hydrogens (primary N) is 2. The number of amides is 3. The topological polar surface area (TPSA) is 178 Å². The Morgan fingerprint density at radius 2 is 1.67 bits per heavy atom. The van der Waals surface area contributed by atoms with E-state index < -0.39 is 29.8 Å². The van der Waals surface area contributed by atoms with E-state index in [-0.39, 0.29) is 11.8 Å². The lowest BCUT2D eigenvalue weighted by atomic mass is 10.0. The Balaban J connectivity index is 1.40. The lowest BCUT2D eigenvalue weighted by molar-refractivity contribution is -0.127. The molecule has 0 aliphatic heterocycles. The molecule has 0 spiro atoms. The lowest BCUT2D eigenvalue weighted by Crippen LogP contribution is -2.50. The van der Waals surface area contributed by atoms with E-state index in [0.29, 0.717) is 37.9 Å². The molecular weight excluding hydrogens is 498 g/mol. The van der Waals surface area contributed by atoms with E-state index in [2.05, 4.69) is 25.9 Å². The maximum Gasteiger partial charge on any atom is 0.302 e. The van der Waals surface area contributed by atoms with E-state index in [1.165, 1.54) is 12.4 Å². The van der Waals surface area contributed by atoms with Crippen molar-refractivity contribution < 1.29 is 18.8 Å². The summed E-state index contributed by atoms with van der Waals surface area (Å²) in [7, 11) is 0. The molecule has 4 aromatic rings. The third-order valence-corrected chi connectivity index (χ3v) is 6.06. The molecule has 202 valence electrons. The number of aromatic nitrogens is 2. The van der Waals surface area contributed by atoms with Crippen molar-refractivity contribution in [2.45, 2.75) is 37.8 Å². The fourth-order valence-electron chi connectivity index (χ4n) is 3.93. The number of carbonyl (C=O) groups excluding carboxylic acids is 3. The van der Waals surface area contributed by atoms with Crippen LogP contribution in [0.1, 0.15) is 35.4 Å². The third kappa shape index (κ3) is 7.69. The molecule has 0 fully saturated rings. The number of hydrogen-bond acceptors (Lipinski definition) is 8. The minimum atomic E-state index is -0.908. The Morgan fingerprint density at radius 3 is 2.46 bits per heavy atom. The number of oxazole rings is 1. The smallest absolute Gasteiger partial charge is 0.302 e. The van der Waals surface area contributed by atoms with Crippen LogP contribution in [0.25, 0.3) is 10.9 Å². The first-order valence-corrected chi connectivity index (χ1v) is 12.7. The lowest BCUT2D eigenvalue weighted by Gasteiger charge is -2.20. The second kappa shape index (κ2) is 13.3. The molecule has 4 rings (SSSR count). The van der Waals surface area contributed by atoms with Crippen LogP contribution >= 0.6 is 0 Å². The Labute approximate surface area is 225 Å². The van der Waals surface area contributed by atoms with Gasteiger partial charge in [0.1, 0.15) is 6.04 Å². The van der Waals surface area contributed by atoms with Gasteiger partial charge < -0.3 is 26.5 Å². The number of para-hydroxylation sites is 1. The van der Waals surface area contributed by atoms with E-state index in [1.54, 1.807) is 6.07 Å². The van der Waals surface area contributed by atoms with E-state index in [4.69, 9.17) is 15.9 Å². The molecule has 3 amide bonds.